The molecule has 1 saturated carbocycles. The predicted octanol–water partition coefficient (Wildman–Crippen LogP) is 2.48. The number of nitrogens with two attached hydrogens (primary N) is 1. The quantitative estimate of drug-likeness (QED) is 0.636. The molecule has 1 aromatic carbocycles. The third-order valence-corrected chi connectivity index (χ3v) is 5.25. The van der Waals surface area contributed by atoms with E-state index in [0.29, 0.717) is 24.1 Å². The maximum Gasteiger partial charge on any atom is 0.293 e. The van der Waals surface area contributed by atoms with Crippen molar-refractivity contribution in [1.82, 2.24) is 0 Å². The molecule has 0 radical (unpaired) electrons. The second-order valence-corrected chi connectivity index (χ2v) is 7.45. The van der Waals surface area contributed by atoms with Crippen LogP contribution in [0.5, 0.6) is 0 Å². The molecule has 22 heavy (non-hydrogen) atoms. The summed E-state index contributed by atoms with van der Waals surface area (Å²) in [6, 6.07) is 3.70. The monoisotopic (exact) mass is 327 g/mol. The van der Waals surface area contributed by atoms with Gasteiger partial charge < -0.3 is 5.32 Å². The Labute approximate surface area is 130 Å². The highest BCUT2D eigenvalue weighted by molar-refractivity contribution is 7.89. The van der Waals surface area contributed by atoms with Gasteiger partial charge in [0.1, 0.15) is 5.69 Å². The van der Waals surface area contributed by atoms with Gasteiger partial charge in [-0.05, 0) is 30.4 Å². The summed E-state index contributed by atoms with van der Waals surface area (Å²) in [4.78, 5) is 10.3. The molecule has 1 aliphatic carbocycles. The number of nitro benzene ring substituents is 1. The zero-order valence-corrected chi connectivity index (χ0v) is 13.3. The van der Waals surface area contributed by atoms with Crippen LogP contribution in [0.25, 0.3) is 0 Å². The third kappa shape index (κ3) is 3.95. The molecule has 0 spiro atoms. The van der Waals surface area contributed by atoms with Gasteiger partial charge in [0.2, 0.25) is 10.0 Å². The normalized spacial score (nSPS) is 22.3. The summed E-state index contributed by atoms with van der Waals surface area (Å²) in [7, 11) is -3.95. The summed E-state index contributed by atoms with van der Waals surface area (Å²) in [6.45, 7) is 2.85. The van der Waals surface area contributed by atoms with Crippen molar-refractivity contribution in [2.24, 2.45) is 17.0 Å². The maximum absolute atomic E-state index is 11.3. The minimum atomic E-state index is -3.95. The zero-order chi connectivity index (χ0) is 16.3. The molecule has 2 atom stereocenters. The van der Waals surface area contributed by atoms with E-state index < -0.39 is 14.9 Å². The van der Waals surface area contributed by atoms with Gasteiger partial charge in [0, 0.05) is 12.6 Å². The average Bonchev–Trinajstić information content (AvgIpc) is 2.45. The molecule has 0 amide bonds. The van der Waals surface area contributed by atoms with E-state index in [1.165, 1.54) is 31.4 Å². The Hall–Kier alpha value is -1.67. The van der Waals surface area contributed by atoms with Gasteiger partial charge in [-0.1, -0.05) is 26.2 Å². The Morgan fingerprint density at radius 2 is 2.05 bits per heavy atom. The first-order chi connectivity index (χ1) is 10.3. The van der Waals surface area contributed by atoms with Gasteiger partial charge in [-0.15, -0.1) is 0 Å². The lowest BCUT2D eigenvalue weighted by Gasteiger charge is -2.29. The molecule has 0 aliphatic heterocycles. The van der Waals surface area contributed by atoms with E-state index in [-0.39, 0.29) is 10.6 Å². The minimum absolute atomic E-state index is 0.254. The Bertz CT molecular complexity index is 660. The van der Waals surface area contributed by atoms with E-state index in [1.54, 1.807) is 0 Å². The van der Waals surface area contributed by atoms with Crippen LogP contribution in [-0.4, -0.2) is 19.9 Å². The lowest BCUT2D eigenvalue weighted by molar-refractivity contribution is -0.384. The molecule has 1 aromatic rings. The van der Waals surface area contributed by atoms with Gasteiger partial charge in [-0.2, -0.15) is 0 Å². The summed E-state index contributed by atoms with van der Waals surface area (Å²) in [5.74, 6) is 1.07. The molecule has 2 unspecified atom stereocenters. The largest absolute Gasteiger partial charge is 0.379 e. The van der Waals surface area contributed by atoms with Crippen molar-refractivity contribution in [3.63, 3.8) is 0 Å². The molecule has 1 fully saturated rings. The summed E-state index contributed by atoms with van der Waals surface area (Å²) in [6.07, 6.45) is 4.71. The number of anilines is 1. The number of nitrogens with zero attached hydrogens (tertiary/aromatic N) is 1. The fraction of sp³-hybridized carbons (Fsp3) is 0.571. The molecular formula is C14H21N3O4S. The van der Waals surface area contributed by atoms with E-state index in [0.717, 1.165) is 12.5 Å². The van der Waals surface area contributed by atoms with Gasteiger partial charge in [0.25, 0.3) is 5.69 Å². The SMILES string of the molecule is CC1CCCCC1CNc1ccc(S(N)(=O)=O)cc1[N+](=O)[O-]. The first-order valence-electron chi connectivity index (χ1n) is 7.34. The second kappa shape index (κ2) is 6.62. The number of hydrogen-bond donors (Lipinski definition) is 2. The number of primary sulfonamides is 1. The summed E-state index contributed by atoms with van der Waals surface area (Å²) >= 11 is 0. The maximum atomic E-state index is 11.3. The van der Waals surface area contributed by atoms with E-state index in [4.69, 9.17) is 5.14 Å². The van der Waals surface area contributed by atoms with Crippen LogP contribution in [0.1, 0.15) is 32.6 Å². The Balaban J connectivity index is 2.18. The van der Waals surface area contributed by atoms with Crippen molar-refractivity contribution in [2.75, 3.05) is 11.9 Å². The smallest absolute Gasteiger partial charge is 0.293 e. The minimum Gasteiger partial charge on any atom is -0.379 e. The fourth-order valence-electron chi connectivity index (χ4n) is 2.93. The van der Waals surface area contributed by atoms with Crippen LogP contribution in [0.3, 0.4) is 0 Å². The third-order valence-electron chi connectivity index (χ3n) is 4.34. The van der Waals surface area contributed by atoms with Crippen LogP contribution < -0.4 is 10.5 Å². The Morgan fingerprint density at radius 1 is 1.36 bits per heavy atom. The molecular weight excluding hydrogens is 306 g/mol. The molecule has 0 saturated heterocycles. The van der Waals surface area contributed by atoms with Gasteiger partial charge in [-0.25, -0.2) is 13.6 Å². The highest BCUT2D eigenvalue weighted by Crippen LogP contribution is 2.32. The first kappa shape index (κ1) is 16.7. The number of nitro groups is 1. The summed E-state index contributed by atoms with van der Waals surface area (Å²) in [5, 5.41) is 19.3. The number of nitrogens with one attached hydrogen (secondary N) is 1. The molecule has 7 nitrogen and oxygen atoms in total. The van der Waals surface area contributed by atoms with Crippen molar-refractivity contribution in [3.8, 4) is 0 Å². The van der Waals surface area contributed by atoms with Crippen LogP contribution in [-0.2, 0) is 10.0 Å². The van der Waals surface area contributed by atoms with Crippen molar-refractivity contribution >= 4 is 21.4 Å². The van der Waals surface area contributed by atoms with E-state index >= 15 is 0 Å². The van der Waals surface area contributed by atoms with Crippen LogP contribution in [0.2, 0.25) is 0 Å². The highest BCUT2D eigenvalue weighted by atomic mass is 32.2. The molecule has 8 heteroatoms. The lowest BCUT2D eigenvalue weighted by Crippen LogP contribution is -2.24. The van der Waals surface area contributed by atoms with Crippen LogP contribution >= 0.6 is 0 Å². The topological polar surface area (TPSA) is 115 Å². The molecule has 0 bridgehead atoms. The summed E-state index contributed by atoms with van der Waals surface area (Å²) in [5.41, 5.74) is 0.0603. The molecule has 122 valence electrons. The summed E-state index contributed by atoms with van der Waals surface area (Å²) < 4.78 is 22.6. The van der Waals surface area contributed by atoms with Gasteiger partial charge >= 0.3 is 0 Å². The number of sulfonamides is 1. The van der Waals surface area contributed by atoms with Crippen LogP contribution in [0, 0.1) is 22.0 Å². The molecule has 3 N–H and O–H groups in total. The van der Waals surface area contributed by atoms with Crippen molar-refractivity contribution in [2.45, 2.75) is 37.5 Å². The van der Waals surface area contributed by atoms with E-state index in [9.17, 15) is 18.5 Å². The van der Waals surface area contributed by atoms with Gasteiger partial charge in [0.05, 0.1) is 9.82 Å². The number of rotatable bonds is 5. The fourth-order valence-corrected chi connectivity index (χ4v) is 3.46. The van der Waals surface area contributed by atoms with Crippen molar-refractivity contribution in [3.05, 3.63) is 28.3 Å². The Morgan fingerprint density at radius 3 is 2.64 bits per heavy atom. The standard InChI is InChI=1S/C14H21N3O4S/c1-10-4-2-3-5-11(10)9-16-13-7-6-12(22(15,20)21)8-14(13)17(18)19/h6-8,10-11,16H,2-5,9H2,1H3,(H2,15,20,21). The van der Waals surface area contributed by atoms with Crippen molar-refractivity contribution in [1.29, 1.82) is 0 Å². The predicted molar refractivity (Wildman–Crippen MR) is 84.1 cm³/mol. The molecule has 0 aromatic heterocycles. The van der Waals surface area contributed by atoms with Crippen LogP contribution in [0.4, 0.5) is 11.4 Å². The van der Waals surface area contributed by atoms with Gasteiger partial charge in [-0.3, -0.25) is 10.1 Å². The molecule has 2 rings (SSSR count). The number of hydrogen-bond acceptors (Lipinski definition) is 5. The van der Waals surface area contributed by atoms with Crippen molar-refractivity contribution < 1.29 is 13.3 Å². The first-order valence-corrected chi connectivity index (χ1v) is 8.89. The van der Waals surface area contributed by atoms with E-state index in [1.807, 2.05) is 0 Å². The molecule has 1 aliphatic rings. The molecule has 0 heterocycles. The second-order valence-electron chi connectivity index (χ2n) is 5.88. The highest BCUT2D eigenvalue weighted by Gasteiger charge is 2.23. The lowest BCUT2D eigenvalue weighted by atomic mass is 9.80. The zero-order valence-electron chi connectivity index (χ0n) is 12.5. The van der Waals surface area contributed by atoms with Gasteiger partial charge in [0.15, 0.2) is 0 Å². The average molecular weight is 327 g/mol. The Kier molecular flexibility index (Phi) is 5.02. The number of benzene rings is 1. The van der Waals surface area contributed by atoms with Crippen LogP contribution in [0.15, 0.2) is 23.1 Å². The van der Waals surface area contributed by atoms with E-state index in [2.05, 4.69) is 12.2 Å².